The first kappa shape index (κ1) is 12.5. The highest BCUT2D eigenvalue weighted by molar-refractivity contribution is 5.81. The highest BCUT2D eigenvalue weighted by Crippen LogP contribution is 2.25. The van der Waals surface area contributed by atoms with Gasteiger partial charge in [0.15, 0.2) is 0 Å². The van der Waals surface area contributed by atoms with Crippen molar-refractivity contribution in [1.29, 1.82) is 0 Å². The lowest BCUT2D eigenvalue weighted by Gasteiger charge is -2.08. The van der Waals surface area contributed by atoms with Gasteiger partial charge in [-0.05, 0) is 38.1 Å². The summed E-state index contributed by atoms with van der Waals surface area (Å²) in [6, 6.07) is 13.5. The van der Waals surface area contributed by atoms with Gasteiger partial charge in [0.1, 0.15) is 11.6 Å². The number of nitrogens with zero attached hydrogens (tertiary/aromatic N) is 1. The zero-order valence-corrected chi connectivity index (χ0v) is 11.6. The van der Waals surface area contributed by atoms with Gasteiger partial charge in [0, 0.05) is 17.3 Å². The Hall–Kier alpha value is -2.49. The van der Waals surface area contributed by atoms with Crippen LogP contribution >= 0.6 is 0 Å². The molecule has 0 aliphatic rings. The molecule has 0 spiro atoms. The number of imidazole rings is 1. The lowest BCUT2D eigenvalue weighted by Crippen LogP contribution is -2.05. The van der Waals surface area contributed by atoms with Gasteiger partial charge in [-0.25, -0.2) is 4.98 Å². The van der Waals surface area contributed by atoms with Crippen LogP contribution < -0.4 is 10.5 Å². The predicted octanol–water partition coefficient (Wildman–Crippen LogP) is 3.60. The highest BCUT2D eigenvalue weighted by atomic mass is 16.5. The van der Waals surface area contributed by atoms with Gasteiger partial charge in [0.2, 0.25) is 0 Å². The van der Waals surface area contributed by atoms with Crippen LogP contribution in [-0.4, -0.2) is 16.1 Å². The molecular weight excluding hydrogens is 250 g/mol. The molecule has 2 aromatic carbocycles. The van der Waals surface area contributed by atoms with E-state index in [1.165, 1.54) is 0 Å². The molecule has 20 heavy (non-hydrogen) atoms. The van der Waals surface area contributed by atoms with Crippen molar-refractivity contribution in [3.8, 4) is 17.1 Å². The van der Waals surface area contributed by atoms with E-state index in [9.17, 15) is 0 Å². The number of aromatic nitrogens is 2. The van der Waals surface area contributed by atoms with Crippen LogP contribution in [0.25, 0.3) is 22.4 Å². The van der Waals surface area contributed by atoms with E-state index in [0.717, 1.165) is 33.9 Å². The Morgan fingerprint density at radius 1 is 1.15 bits per heavy atom. The minimum atomic E-state index is 0.156. The standard InChI is InChI=1S/C16H17N3O/c1-10(2)20-13-6-7-14-15(9-13)19-16(18-14)11-4-3-5-12(17)8-11/h3-10H,17H2,1-2H3,(H,18,19). The van der Waals surface area contributed by atoms with Crippen LogP contribution in [0.3, 0.4) is 0 Å². The summed E-state index contributed by atoms with van der Waals surface area (Å²) in [7, 11) is 0. The summed E-state index contributed by atoms with van der Waals surface area (Å²) in [5.74, 6) is 1.66. The first-order valence-electron chi connectivity index (χ1n) is 6.64. The molecule has 3 N–H and O–H groups in total. The molecule has 0 atom stereocenters. The Labute approximate surface area is 117 Å². The van der Waals surface area contributed by atoms with E-state index >= 15 is 0 Å². The number of aromatic amines is 1. The molecular formula is C16H17N3O. The molecule has 0 amide bonds. The number of H-pyrrole nitrogens is 1. The summed E-state index contributed by atoms with van der Waals surface area (Å²) in [4.78, 5) is 7.88. The first-order valence-corrected chi connectivity index (χ1v) is 6.64. The number of hydrogen-bond acceptors (Lipinski definition) is 3. The van der Waals surface area contributed by atoms with Gasteiger partial charge in [-0.1, -0.05) is 12.1 Å². The fourth-order valence-electron chi connectivity index (χ4n) is 2.16. The normalized spacial score (nSPS) is 11.2. The summed E-state index contributed by atoms with van der Waals surface area (Å²) in [5.41, 5.74) is 9.39. The molecule has 4 heteroatoms. The summed E-state index contributed by atoms with van der Waals surface area (Å²) >= 11 is 0. The summed E-state index contributed by atoms with van der Waals surface area (Å²) in [6.45, 7) is 4.02. The SMILES string of the molecule is CC(C)Oc1ccc2nc(-c3cccc(N)c3)[nH]c2c1. The number of anilines is 1. The van der Waals surface area contributed by atoms with Crippen molar-refractivity contribution < 1.29 is 4.74 Å². The van der Waals surface area contributed by atoms with Crippen LogP contribution in [0.1, 0.15) is 13.8 Å². The number of fused-ring (bicyclic) bond motifs is 1. The number of hydrogen-bond donors (Lipinski definition) is 2. The van der Waals surface area contributed by atoms with E-state index in [0.29, 0.717) is 0 Å². The number of nitrogen functional groups attached to an aromatic ring is 1. The molecule has 0 fully saturated rings. The van der Waals surface area contributed by atoms with Crippen LogP contribution in [0.15, 0.2) is 42.5 Å². The largest absolute Gasteiger partial charge is 0.491 e. The second-order valence-electron chi connectivity index (χ2n) is 5.06. The average Bonchev–Trinajstić information content (AvgIpc) is 2.81. The lowest BCUT2D eigenvalue weighted by molar-refractivity contribution is 0.242. The molecule has 0 aliphatic carbocycles. The van der Waals surface area contributed by atoms with Crippen molar-refractivity contribution in [1.82, 2.24) is 9.97 Å². The van der Waals surface area contributed by atoms with E-state index in [4.69, 9.17) is 10.5 Å². The Bertz CT molecular complexity index is 746. The van der Waals surface area contributed by atoms with Crippen LogP contribution in [0, 0.1) is 0 Å². The minimum Gasteiger partial charge on any atom is -0.491 e. The molecule has 0 aliphatic heterocycles. The van der Waals surface area contributed by atoms with Gasteiger partial charge in [-0.15, -0.1) is 0 Å². The fraction of sp³-hybridized carbons (Fsp3) is 0.188. The van der Waals surface area contributed by atoms with Crippen LogP contribution in [0.4, 0.5) is 5.69 Å². The van der Waals surface area contributed by atoms with Crippen molar-refractivity contribution in [3.63, 3.8) is 0 Å². The monoisotopic (exact) mass is 267 g/mol. The molecule has 0 saturated carbocycles. The van der Waals surface area contributed by atoms with E-state index in [1.807, 2.05) is 56.3 Å². The van der Waals surface area contributed by atoms with E-state index in [1.54, 1.807) is 0 Å². The Kier molecular flexibility index (Phi) is 3.06. The predicted molar refractivity (Wildman–Crippen MR) is 81.7 cm³/mol. The Morgan fingerprint density at radius 2 is 2.00 bits per heavy atom. The van der Waals surface area contributed by atoms with Gasteiger partial charge < -0.3 is 15.5 Å². The second kappa shape index (κ2) is 4.89. The molecule has 4 nitrogen and oxygen atoms in total. The smallest absolute Gasteiger partial charge is 0.138 e. The molecule has 3 aromatic rings. The maximum absolute atomic E-state index is 5.81. The summed E-state index contributed by atoms with van der Waals surface area (Å²) in [6.07, 6.45) is 0.156. The highest BCUT2D eigenvalue weighted by Gasteiger charge is 2.07. The van der Waals surface area contributed by atoms with Crippen molar-refractivity contribution >= 4 is 16.7 Å². The minimum absolute atomic E-state index is 0.156. The number of rotatable bonds is 3. The number of nitrogens with two attached hydrogens (primary N) is 1. The third-order valence-electron chi connectivity index (χ3n) is 2.99. The Balaban J connectivity index is 2.02. The van der Waals surface area contributed by atoms with Crippen molar-refractivity contribution in [2.75, 3.05) is 5.73 Å². The van der Waals surface area contributed by atoms with Crippen LogP contribution in [-0.2, 0) is 0 Å². The zero-order valence-electron chi connectivity index (χ0n) is 11.6. The van der Waals surface area contributed by atoms with Gasteiger partial charge in [0.25, 0.3) is 0 Å². The third-order valence-corrected chi connectivity index (χ3v) is 2.99. The molecule has 0 radical (unpaired) electrons. The second-order valence-corrected chi connectivity index (χ2v) is 5.06. The number of nitrogens with one attached hydrogen (secondary N) is 1. The molecule has 1 heterocycles. The van der Waals surface area contributed by atoms with E-state index < -0.39 is 0 Å². The maximum Gasteiger partial charge on any atom is 0.138 e. The van der Waals surface area contributed by atoms with Gasteiger partial charge in [0.05, 0.1) is 17.1 Å². The molecule has 1 aromatic heterocycles. The molecule has 3 rings (SSSR count). The van der Waals surface area contributed by atoms with Crippen LogP contribution in [0.2, 0.25) is 0 Å². The van der Waals surface area contributed by atoms with Gasteiger partial charge in [-0.2, -0.15) is 0 Å². The van der Waals surface area contributed by atoms with Crippen molar-refractivity contribution in [2.45, 2.75) is 20.0 Å². The van der Waals surface area contributed by atoms with Crippen LogP contribution in [0.5, 0.6) is 5.75 Å². The third kappa shape index (κ3) is 2.45. The molecule has 102 valence electrons. The maximum atomic E-state index is 5.81. The lowest BCUT2D eigenvalue weighted by atomic mass is 10.2. The molecule has 0 bridgehead atoms. The molecule has 0 unspecified atom stereocenters. The molecule has 0 saturated heterocycles. The quantitative estimate of drug-likeness (QED) is 0.713. The first-order chi connectivity index (χ1) is 9.61. The van der Waals surface area contributed by atoms with E-state index in [-0.39, 0.29) is 6.10 Å². The number of benzene rings is 2. The van der Waals surface area contributed by atoms with Gasteiger partial charge in [-0.3, -0.25) is 0 Å². The zero-order chi connectivity index (χ0) is 14.1. The van der Waals surface area contributed by atoms with Gasteiger partial charge >= 0.3 is 0 Å². The Morgan fingerprint density at radius 3 is 2.75 bits per heavy atom. The van der Waals surface area contributed by atoms with Crippen molar-refractivity contribution in [2.24, 2.45) is 0 Å². The van der Waals surface area contributed by atoms with Crippen molar-refractivity contribution in [3.05, 3.63) is 42.5 Å². The summed E-state index contributed by atoms with van der Waals surface area (Å²) in [5, 5.41) is 0. The summed E-state index contributed by atoms with van der Waals surface area (Å²) < 4.78 is 5.69. The van der Waals surface area contributed by atoms with E-state index in [2.05, 4.69) is 9.97 Å². The number of ether oxygens (including phenoxy) is 1. The fourth-order valence-corrected chi connectivity index (χ4v) is 2.16. The topological polar surface area (TPSA) is 63.9 Å². The average molecular weight is 267 g/mol.